The minimum atomic E-state index is 0.695. The van der Waals surface area contributed by atoms with E-state index in [4.69, 9.17) is 21.1 Å². The van der Waals surface area contributed by atoms with E-state index >= 15 is 0 Å². The Bertz CT molecular complexity index is 540. The summed E-state index contributed by atoms with van der Waals surface area (Å²) in [5, 5.41) is 4.07. The van der Waals surface area contributed by atoms with Gasteiger partial charge in [-0.1, -0.05) is 23.7 Å². The minimum absolute atomic E-state index is 0.695. The second-order valence-corrected chi connectivity index (χ2v) is 4.48. The Morgan fingerprint density at radius 3 is 2.37 bits per heavy atom. The smallest absolute Gasteiger partial charge is 0.142 e. The molecular weight excluding hydrogens is 262 g/mol. The van der Waals surface area contributed by atoms with Crippen LogP contribution in [0.25, 0.3) is 0 Å². The van der Waals surface area contributed by atoms with Crippen LogP contribution in [0.4, 0.5) is 5.69 Å². The number of nitrogens with one attached hydrogen (secondary N) is 1. The van der Waals surface area contributed by atoms with Gasteiger partial charge in [-0.05, 0) is 29.8 Å². The number of rotatable bonds is 5. The number of halogens is 1. The summed E-state index contributed by atoms with van der Waals surface area (Å²) < 4.78 is 10.5. The highest BCUT2D eigenvalue weighted by atomic mass is 35.5. The SMILES string of the molecule is COc1ccc(OC)c(NCc2ccc(Cl)cc2)c1. The quantitative estimate of drug-likeness (QED) is 0.897. The zero-order valence-corrected chi connectivity index (χ0v) is 11.7. The molecule has 3 nitrogen and oxygen atoms in total. The lowest BCUT2D eigenvalue weighted by molar-refractivity contribution is 0.404. The van der Waals surface area contributed by atoms with Gasteiger partial charge in [-0.15, -0.1) is 0 Å². The van der Waals surface area contributed by atoms with Gasteiger partial charge < -0.3 is 14.8 Å². The van der Waals surface area contributed by atoms with Crippen LogP contribution in [0.2, 0.25) is 5.02 Å². The van der Waals surface area contributed by atoms with Crippen molar-refractivity contribution in [2.75, 3.05) is 19.5 Å². The third kappa shape index (κ3) is 3.55. The van der Waals surface area contributed by atoms with Crippen LogP contribution >= 0.6 is 11.6 Å². The molecule has 2 aromatic rings. The molecule has 0 aliphatic rings. The molecule has 0 fully saturated rings. The monoisotopic (exact) mass is 277 g/mol. The number of anilines is 1. The molecule has 19 heavy (non-hydrogen) atoms. The van der Waals surface area contributed by atoms with Gasteiger partial charge in [-0.3, -0.25) is 0 Å². The third-order valence-corrected chi connectivity index (χ3v) is 3.05. The maximum Gasteiger partial charge on any atom is 0.142 e. The molecule has 0 aromatic heterocycles. The Kier molecular flexibility index (Phi) is 4.53. The van der Waals surface area contributed by atoms with E-state index in [0.29, 0.717) is 6.54 Å². The number of hydrogen-bond acceptors (Lipinski definition) is 3. The van der Waals surface area contributed by atoms with Gasteiger partial charge >= 0.3 is 0 Å². The summed E-state index contributed by atoms with van der Waals surface area (Å²) in [6, 6.07) is 13.4. The lowest BCUT2D eigenvalue weighted by Crippen LogP contribution is -2.01. The van der Waals surface area contributed by atoms with E-state index < -0.39 is 0 Å². The Morgan fingerprint density at radius 2 is 1.74 bits per heavy atom. The summed E-state index contributed by atoms with van der Waals surface area (Å²) in [5.74, 6) is 1.58. The van der Waals surface area contributed by atoms with Crippen molar-refractivity contribution in [3.8, 4) is 11.5 Å². The van der Waals surface area contributed by atoms with Crippen LogP contribution in [0.5, 0.6) is 11.5 Å². The fraction of sp³-hybridized carbons (Fsp3) is 0.200. The molecule has 0 atom stereocenters. The van der Waals surface area contributed by atoms with E-state index in [0.717, 1.165) is 27.8 Å². The standard InChI is InChI=1S/C15H16ClNO2/c1-18-13-7-8-15(19-2)14(9-13)17-10-11-3-5-12(16)6-4-11/h3-9,17H,10H2,1-2H3. The summed E-state index contributed by atoms with van der Waals surface area (Å²) in [6.07, 6.45) is 0. The maximum atomic E-state index is 5.86. The fourth-order valence-corrected chi connectivity index (χ4v) is 1.88. The molecule has 0 heterocycles. The predicted octanol–water partition coefficient (Wildman–Crippen LogP) is 3.97. The zero-order valence-electron chi connectivity index (χ0n) is 10.9. The summed E-state index contributed by atoms with van der Waals surface area (Å²) in [5.41, 5.74) is 2.05. The number of methoxy groups -OCH3 is 2. The largest absolute Gasteiger partial charge is 0.497 e. The highest BCUT2D eigenvalue weighted by Gasteiger charge is 2.04. The van der Waals surface area contributed by atoms with Crippen LogP contribution in [0, 0.1) is 0 Å². The lowest BCUT2D eigenvalue weighted by atomic mass is 10.2. The molecule has 0 radical (unpaired) electrons. The van der Waals surface area contributed by atoms with Crippen molar-refractivity contribution in [3.05, 3.63) is 53.1 Å². The van der Waals surface area contributed by atoms with Crippen molar-refractivity contribution >= 4 is 17.3 Å². The molecule has 0 aliphatic carbocycles. The first-order valence-corrected chi connectivity index (χ1v) is 6.31. The molecule has 0 saturated heterocycles. The van der Waals surface area contributed by atoms with Gasteiger partial charge in [0.25, 0.3) is 0 Å². The molecule has 0 unspecified atom stereocenters. The van der Waals surface area contributed by atoms with E-state index in [2.05, 4.69) is 5.32 Å². The molecular formula is C15H16ClNO2. The average Bonchev–Trinajstić information content (AvgIpc) is 2.46. The van der Waals surface area contributed by atoms with Gasteiger partial charge in [-0.2, -0.15) is 0 Å². The first-order valence-electron chi connectivity index (χ1n) is 5.93. The summed E-state index contributed by atoms with van der Waals surface area (Å²) >= 11 is 5.86. The van der Waals surface area contributed by atoms with Crippen molar-refractivity contribution in [2.45, 2.75) is 6.54 Å². The second kappa shape index (κ2) is 6.34. The zero-order chi connectivity index (χ0) is 13.7. The third-order valence-electron chi connectivity index (χ3n) is 2.80. The van der Waals surface area contributed by atoms with Gasteiger partial charge in [0.05, 0.1) is 19.9 Å². The first kappa shape index (κ1) is 13.6. The molecule has 2 aromatic carbocycles. The summed E-state index contributed by atoms with van der Waals surface area (Å²) in [7, 11) is 3.29. The summed E-state index contributed by atoms with van der Waals surface area (Å²) in [4.78, 5) is 0. The second-order valence-electron chi connectivity index (χ2n) is 4.05. The van der Waals surface area contributed by atoms with Crippen LogP contribution < -0.4 is 14.8 Å². The van der Waals surface area contributed by atoms with Gasteiger partial charge in [0, 0.05) is 17.6 Å². The topological polar surface area (TPSA) is 30.5 Å². The molecule has 1 N–H and O–H groups in total. The van der Waals surface area contributed by atoms with E-state index in [9.17, 15) is 0 Å². The molecule has 0 aliphatic heterocycles. The van der Waals surface area contributed by atoms with Crippen LogP contribution in [-0.2, 0) is 6.54 Å². The van der Waals surface area contributed by atoms with Crippen LogP contribution in [0.15, 0.2) is 42.5 Å². The van der Waals surface area contributed by atoms with Crippen molar-refractivity contribution < 1.29 is 9.47 Å². The fourth-order valence-electron chi connectivity index (χ4n) is 1.75. The molecule has 2 rings (SSSR count). The molecule has 100 valence electrons. The van der Waals surface area contributed by atoms with E-state index in [-0.39, 0.29) is 0 Å². The Labute approximate surface area is 118 Å². The first-order chi connectivity index (χ1) is 9.22. The number of ether oxygens (including phenoxy) is 2. The van der Waals surface area contributed by atoms with Crippen LogP contribution in [-0.4, -0.2) is 14.2 Å². The normalized spacial score (nSPS) is 10.1. The Morgan fingerprint density at radius 1 is 1.00 bits per heavy atom. The molecule has 0 amide bonds. The highest BCUT2D eigenvalue weighted by molar-refractivity contribution is 6.30. The van der Waals surface area contributed by atoms with E-state index in [1.165, 1.54) is 0 Å². The van der Waals surface area contributed by atoms with Gasteiger partial charge in [0.2, 0.25) is 0 Å². The van der Waals surface area contributed by atoms with Crippen molar-refractivity contribution in [1.82, 2.24) is 0 Å². The number of hydrogen-bond donors (Lipinski definition) is 1. The maximum absolute atomic E-state index is 5.86. The van der Waals surface area contributed by atoms with Crippen molar-refractivity contribution in [3.63, 3.8) is 0 Å². The molecule has 4 heteroatoms. The summed E-state index contributed by atoms with van der Waals surface area (Å²) in [6.45, 7) is 0.695. The molecule has 0 spiro atoms. The van der Waals surface area contributed by atoms with Gasteiger partial charge in [-0.25, -0.2) is 0 Å². The van der Waals surface area contributed by atoms with Crippen LogP contribution in [0.1, 0.15) is 5.56 Å². The Hall–Kier alpha value is -1.87. The number of benzene rings is 2. The van der Waals surface area contributed by atoms with Crippen molar-refractivity contribution in [1.29, 1.82) is 0 Å². The molecule has 0 saturated carbocycles. The molecule has 0 bridgehead atoms. The van der Waals surface area contributed by atoms with E-state index in [1.807, 2.05) is 42.5 Å². The lowest BCUT2D eigenvalue weighted by Gasteiger charge is -2.12. The van der Waals surface area contributed by atoms with Gasteiger partial charge in [0.1, 0.15) is 11.5 Å². The highest BCUT2D eigenvalue weighted by Crippen LogP contribution is 2.29. The van der Waals surface area contributed by atoms with E-state index in [1.54, 1.807) is 14.2 Å². The van der Waals surface area contributed by atoms with Gasteiger partial charge in [0.15, 0.2) is 0 Å². The van der Waals surface area contributed by atoms with Crippen molar-refractivity contribution in [2.24, 2.45) is 0 Å². The minimum Gasteiger partial charge on any atom is -0.497 e. The van der Waals surface area contributed by atoms with Crippen LogP contribution in [0.3, 0.4) is 0 Å². The Balaban J connectivity index is 2.11. The average molecular weight is 278 g/mol. The predicted molar refractivity (Wildman–Crippen MR) is 78.3 cm³/mol.